The summed E-state index contributed by atoms with van der Waals surface area (Å²) in [6.45, 7) is 0.981. The summed E-state index contributed by atoms with van der Waals surface area (Å²) in [5.74, 6) is 3.19. The Kier molecular flexibility index (Phi) is 3.58. The number of hydrogen-bond acceptors (Lipinski definition) is 2. The van der Waals surface area contributed by atoms with Gasteiger partial charge in [0, 0.05) is 12.6 Å². The van der Waals surface area contributed by atoms with Crippen molar-refractivity contribution in [3.05, 3.63) is 0 Å². The first-order valence-corrected chi connectivity index (χ1v) is 9.08. The summed E-state index contributed by atoms with van der Waals surface area (Å²) in [5.41, 5.74) is 7.18. The topological polar surface area (TPSA) is 35.2 Å². The van der Waals surface area contributed by atoms with Crippen LogP contribution in [0.5, 0.6) is 0 Å². The van der Waals surface area contributed by atoms with Gasteiger partial charge in [0.25, 0.3) is 0 Å². The second-order valence-electron chi connectivity index (χ2n) is 8.59. The SMILES string of the molecule is NC(CCC1CCCO1)CC12CC3CC(CC(C3)C1)C2. The monoisotopic (exact) mass is 277 g/mol. The van der Waals surface area contributed by atoms with Crippen LogP contribution in [0.1, 0.15) is 70.6 Å². The lowest BCUT2D eigenvalue weighted by atomic mass is 9.48. The van der Waals surface area contributed by atoms with E-state index in [0.717, 1.165) is 24.4 Å². The fourth-order valence-corrected chi connectivity index (χ4v) is 6.47. The van der Waals surface area contributed by atoms with Gasteiger partial charge in [-0.1, -0.05) is 0 Å². The van der Waals surface area contributed by atoms with Gasteiger partial charge in [-0.3, -0.25) is 0 Å². The Balaban J connectivity index is 1.31. The van der Waals surface area contributed by atoms with Crippen LogP contribution in [0, 0.1) is 23.2 Å². The molecule has 2 unspecified atom stereocenters. The van der Waals surface area contributed by atoms with Crippen molar-refractivity contribution in [2.45, 2.75) is 82.8 Å². The summed E-state index contributed by atoms with van der Waals surface area (Å²) in [7, 11) is 0. The van der Waals surface area contributed by atoms with Crippen LogP contribution in [0.4, 0.5) is 0 Å². The predicted octanol–water partition coefficient (Wildman–Crippen LogP) is 3.88. The van der Waals surface area contributed by atoms with Crippen molar-refractivity contribution in [1.29, 1.82) is 0 Å². The van der Waals surface area contributed by atoms with Gasteiger partial charge in [-0.05, 0) is 93.8 Å². The lowest BCUT2D eigenvalue weighted by Gasteiger charge is -2.57. The highest BCUT2D eigenvalue weighted by Crippen LogP contribution is 2.61. The molecule has 0 radical (unpaired) electrons. The van der Waals surface area contributed by atoms with Gasteiger partial charge in [0.05, 0.1) is 6.10 Å². The maximum atomic E-state index is 6.52. The first-order valence-electron chi connectivity index (χ1n) is 9.08. The third-order valence-electron chi connectivity index (χ3n) is 6.74. The summed E-state index contributed by atoms with van der Waals surface area (Å²) < 4.78 is 5.74. The van der Waals surface area contributed by atoms with Crippen molar-refractivity contribution in [2.24, 2.45) is 28.9 Å². The Bertz CT molecular complexity index is 312. The molecule has 1 heterocycles. The highest BCUT2D eigenvalue weighted by atomic mass is 16.5. The van der Waals surface area contributed by atoms with E-state index in [1.54, 1.807) is 19.3 Å². The first kappa shape index (κ1) is 13.6. The summed E-state index contributed by atoms with van der Waals surface area (Å²) in [4.78, 5) is 0. The zero-order valence-electron chi connectivity index (χ0n) is 12.9. The van der Waals surface area contributed by atoms with Crippen molar-refractivity contribution < 1.29 is 4.74 Å². The molecular weight excluding hydrogens is 246 g/mol. The van der Waals surface area contributed by atoms with E-state index >= 15 is 0 Å². The molecule has 4 saturated carbocycles. The van der Waals surface area contributed by atoms with Crippen molar-refractivity contribution in [3.63, 3.8) is 0 Å². The minimum Gasteiger partial charge on any atom is -0.378 e. The van der Waals surface area contributed by atoms with E-state index in [-0.39, 0.29) is 0 Å². The molecule has 114 valence electrons. The fraction of sp³-hybridized carbons (Fsp3) is 1.00. The van der Waals surface area contributed by atoms with Gasteiger partial charge in [0.15, 0.2) is 0 Å². The van der Waals surface area contributed by atoms with Gasteiger partial charge in [0.2, 0.25) is 0 Å². The molecular formula is C18H31NO. The Morgan fingerprint density at radius 2 is 1.70 bits per heavy atom. The standard InChI is InChI=1S/C18H31NO/c19-16(3-4-17-2-1-5-20-17)12-18-9-13-6-14(10-18)8-15(7-13)11-18/h13-17H,1-12,19H2. The van der Waals surface area contributed by atoms with Crippen molar-refractivity contribution in [3.8, 4) is 0 Å². The average Bonchev–Trinajstić information content (AvgIpc) is 2.87. The zero-order chi connectivity index (χ0) is 13.6. The van der Waals surface area contributed by atoms with Crippen LogP contribution in [0.15, 0.2) is 0 Å². The first-order chi connectivity index (χ1) is 9.71. The molecule has 2 heteroatoms. The van der Waals surface area contributed by atoms with E-state index in [9.17, 15) is 0 Å². The van der Waals surface area contributed by atoms with E-state index in [2.05, 4.69) is 0 Å². The molecule has 2 N–H and O–H groups in total. The Morgan fingerprint density at radius 1 is 1.05 bits per heavy atom. The zero-order valence-corrected chi connectivity index (χ0v) is 12.9. The van der Waals surface area contributed by atoms with E-state index in [1.165, 1.54) is 51.4 Å². The van der Waals surface area contributed by atoms with Crippen LogP contribution in [0.2, 0.25) is 0 Å². The van der Waals surface area contributed by atoms with Crippen molar-refractivity contribution in [2.75, 3.05) is 6.61 Å². The highest BCUT2D eigenvalue weighted by Gasteiger charge is 2.50. The number of ether oxygens (including phenoxy) is 1. The van der Waals surface area contributed by atoms with Crippen molar-refractivity contribution >= 4 is 0 Å². The van der Waals surface area contributed by atoms with Gasteiger partial charge in [-0.15, -0.1) is 0 Å². The maximum absolute atomic E-state index is 6.52. The second-order valence-corrected chi connectivity index (χ2v) is 8.59. The van der Waals surface area contributed by atoms with Crippen LogP contribution >= 0.6 is 0 Å². The van der Waals surface area contributed by atoms with Gasteiger partial charge in [-0.2, -0.15) is 0 Å². The summed E-state index contributed by atoms with van der Waals surface area (Å²) >= 11 is 0. The second kappa shape index (κ2) is 5.28. The molecule has 2 nitrogen and oxygen atoms in total. The molecule has 0 aromatic rings. The van der Waals surface area contributed by atoms with Gasteiger partial charge >= 0.3 is 0 Å². The van der Waals surface area contributed by atoms with E-state index in [4.69, 9.17) is 10.5 Å². The predicted molar refractivity (Wildman–Crippen MR) is 81.4 cm³/mol. The van der Waals surface area contributed by atoms with Crippen LogP contribution < -0.4 is 5.73 Å². The minimum atomic E-state index is 0.426. The van der Waals surface area contributed by atoms with Gasteiger partial charge < -0.3 is 10.5 Å². The molecule has 0 aromatic carbocycles. The third kappa shape index (κ3) is 2.66. The van der Waals surface area contributed by atoms with Crippen LogP contribution in [0.3, 0.4) is 0 Å². The van der Waals surface area contributed by atoms with Crippen LogP contribution in [0.25, 0.3) is 0 Å². The number of hydrogen-bond donors (Lipinski definition) is 1. The summed E-state index contributed by atoms with van der Waals surface area (Å²) in [6.07, 6.45) is 15.9. The normalized spacial score (nSPS) is 47.9. The van der Waals surface area contributed by atoms with Crippen LogP contribution in [-0.4, -0.2) is 18.8 Å². The number of rotatable bonds is 5. The lowest BCUT2D eigenvalue weighted by Crippen LogP contribution is -2.48. The van der Waals surface area contributed by atoms with Gasteiger partial charge in [-0.25, -0.2) is 0 Å². The smallest absolute Gasteiger partial charge is 0.0576 e. The fourth-order valence-electron chi connectivity index (χ4n) is 6.47. The third-order valence-corrected chi connectivity index (χ3v) is 6.74. The lowest BCUT2D eigenvalue weighted by molar-refractivity contribution is -0.0610. The largest absolute Gasteiger partial charge is 0.378 e. The number of nitrogens with two attached hydrogens (primary N) is 1. The molecule has 1 aliphatic heterocycles. The molecule has 4 aliphatic carbocycles. The molecule has 5 aliphatic rings. The van der Waals surface area contributed by atoms with Crippen molar-refractivity contribution in [1.82, 2.24) is 0 Å². The Labute approximate surface area is 123 Å². The average molecular weight is 277 g/mol. The van der Waals surface area contributed by atoms with E-state index in [1.807, 2.05) is 0 Å². The molecule has 4 bridgehead atoms. The summed E-state index contributed by atoms with van der Waals surface area (Å²) in [6, 6.07) is 0.426. The highest BCUT2D eigenvalue weighted by molar-refractivity contribution is 5.02. The quantitative estimate of drug-likeness (QED) is 0.827. The minimum absolute atomic E-state index is 0.426. The Hall–Kier alpha value is -0.0800. The maximum Gasteiger partial charge on any atom is 0.0576 e. The molecule has 5 fully saturated rings. The van der Waals surface area contributed by atoms with E-state index < -0.39 is 0 Å². The Morgan fingerprint density at radius 3 is 2.25 bits per heavy atom. The molecule has 20 heavy (non-hydrogen) atoms. The molecule has 0 spiro atoms. The van der Waals surface area contributed by atoms with Gasteiger partial charge in [0.1, 0.15) is 0 Å². The van der Waals surface area contributed by atoms with Crippen LogP contribution in [-0.2, 0) is 4.74 Å². The van der Waals surface area contributed by atoms with E-state index in [0.29, 0.717) is 17.6 Å². The summed E-state index contributed by atoms with van der Waals surface area (Å²) in [5, 5.41) is 0. The molecule has 0 amide bonds. The molecule has 1 saturated heterocycles. The molecule has 5 rings (SSSR count). The molecule has 0 aromatic heterocycles. The molecule has 2 atom stereocenters.